The summed E-state index contributed by atoms with van der Waals surface area (Å²) in [5, 5.41) is 2.86. The number of hydrogen-bond donors (Lipinski definition) is 2. The van der Waals surface area contributed by atoms with E-state index in [-0.39, 0.29) is 12.5 Å². The number of halogens is 1. The van der Waals surface area contributed by atoms with Crippen LogP contribution in [0.15, 0.2) is 36.4 Å². The van der Waals surface area contributed by atoms with Crippen molar-refractivity contribution in [3.8, 4) is 11.5 Å². The molecular weight excluding hydrogens is 423 g/mol. The third-order valence-electron chi connectivity index (χ3n) is 3.23. The van der Waals surface area contributed by atoms with Gasteiger partial charge in [-0.1, -0.05) is 0 Å². The summed E-state index contributed by atoms with van der Waals surface area (Å²) in [6, 6.07) is 10.5. The van der Waals surface area contributed by atoms with Gasteiger partial charge in [0.2, 0.25) is 0 Å². The number of anilines is 1. The smallest absolute Gasteiger partial charge is 0.255 e. The molecule has 0 aliphatic rings. The van der Waals surface area contributed by atoms with Crippen LogP contribution in [0.3, 0.4) is 0 Å². The maximum absolute atomic E-state index is 12.4. The fourth-order valence-corrected chi connectivity index (χ4v) is 2.69. The molecule has 0 bridgehead atoms. The van der Waals surface area contributed by atoms with Gasteiger partial charge in [0.25, 0.3) is 11.8 Å². The summed E-state index contributed by atoms with van der Waals surface area (Å²) in [7, 11) is 1.46. The van der Waals surface area contributed by atoms with Crippen molar-refractivity contribution in [2.24, 2.45) is 5.73 Å². The SMILES string of the molecule is COc1cc(C(=O)Nc2ccc(I)cc2C)ccc1OCC(N)=O. The molecule has 0 aliphatic carbocycles. The number of carbonyl (C=O) groups excluding carboxylic acids is 2. The Hall–Kier alpha value is -2.29. The van der Waals surface area contributed by atoms with E-state index in [1.807, 2.05) is 25.1 Å². The Morgan fingerprint density at radius 1 is 1.17 bits per heavy atom. The van der Waals surface area contributed by atoms with E-state index in [2.05, 4.69) is 27.9 Å². The molecule has 24 heavy (non-hydrogen) atoms. The molecule has 0 saturated heterocycles. The highest BCUT2D eigenvalue weighted by Crippen LogP contribution is 2.28. The molecule has 0 saturated carbocycles. The molecule has 2 rings (SSSR count). The van der Waals surface area contributed by atoms with Crippen molar-refractivity contribution in [1.82, 2.24) is 0 Å². The van der Waals surface area contributed by atoms with Crippen LogP contribution in [0.1, 0.15) is 15.9 Å². The minimum absolute atomic E-state index is 0.260. The van der Waals surface area contributed by atoms with E-state index in [0.717, 1.165) is 14.8 Å². The molecule has 2 aromatic carbocycles. The third kappa shape index (κ3) is 4.60. The first-order valence-electron chi connectivity index (χ1n) is 7.07. The van der Waals surface area contributed by atoms with Gasteiger partial charge < -0.3 is 20.5 Å². The lowest BCUT2D eigenvalue weighted by Crippen LogP contribution is -2.20. The summed E-state index contributed by atoms with van der Waals surface area (Å²) in [5.41, 5.74) is 7.18. The van der Waals surface area contributed by atoms with Crippen LogP contribution in [0, 0.1) is 10.5 Å². The van der Waals surface area contributed by atoms with Crippen LogP contribution in [-0.4, -0.2) is 25.5 Å². The number of nitrogens with one attached hydrogen (secondary N) is 1. The first kappa shape index (κ1) is 18.1. The van der Waals surface area contributed by atoms with Crippen LogP contribution in [0.25, 0.3) is 0 Å². The lowest BCUT2D eigenvalue weighted by atomic mass is 10.1. The van der Waals surface area contributed by atoms with Gasteiger partial charge in [0.1, 0.15) is 0 Å². The number of ether oxygens (including phenoxy) is 2. The maximum Gasteiger partial charge on any atom is 0.255 e. The van der Waals surface area contributed by atoms with Crippen molar-refractivity contribution in [2.45, 2.75) is 6.92 Å². The van der Waals surface area contributed by atoms with E-state index in [1.54, 1.807) is 18.2 Å². The number of hydrogen-bond acceptors (Lipinski definition) is 4. The van der Waals surface area contributed by atoms with Crippen molar-refractivity contribution in [2.75, 3.05) is 19.0 Å². The van der Waals surface area contributed by atoms with E-state index in [4.69, 9.17) is 15.2 Å². The monoisotopic (exact) mass is 440 g/mol. The normalized spacial score (nSPS) is 10.1. The second kappa shape index (κ2) is 8.00. The Balaban J connectivity index is 2.18. The van der Waals surface area contributed by atoms with Crippen molar-refractivity contribution in [3.63, 3.8) is 0 Å². The predicted molar refractivity (Wildman–Crippen MR) is 99.5 cm³/mol. The topological polar surface area (TPSA) is 90.7 Å². The predicted octanol–water partition coefficient (Wildman–Crippen LogP) is 2.72. The van der Waals surface area contributed by atoms with Crippen molar-refractivity contribution in [3.05, 3.63) is 51.1 Å². The highest BCUT2D eigenvalue weighted by Gasteiger charge is 2.13. The number of benzene rings is 2. The Morgan fingerprint density at radius 3 is 2.54 bits per heavy atom. The third-order valence-corrected chi connectivity index (χ3v) is 3.90. The summed E-state index contributed by atoms with van der Waals surface area (Å²) in [6.45, 7) is 1.67. The summed E-state index contributed by atoms with van der Waals surface area (Å²) in [5.74, 6) is -0.159. The number of rotatable bonds is 6. The van der Waals surface area contributed by atoms with Crippen LogP contribution >= 0.6 is 22.6 Å². The fraction of sp³-hybridized carbons (Fsp3) is 0.176. The highest BCUT2D eigenvalue weighted by molar-refractivity contribution is 14.1. The second-order valence-corrected chi connectivity index (χ2v) is 6.28. The molecule has 0 aromatic heterocycles. The molecule has 3 N–H and O–H groups in total. The summed E-state index contributed by atoms with van der Waals surface area (Å²) in [4.78, 5) is 23.2. The fourth-order valence-electron chi connectivity index (χ4n) is 2.04. The van der Waals surface area contributed by atoms with Crippen molar-refractivity contribution < 1.29 is 19.1 Å². The molecule has 0 spiro atoms. The number of methoxy groups -OCH3 is 1. The van der Waals surface area contributed by atoms with Crippen LogP contribution in [0.4, 0.5) is 5.69 Å². The van der Waals surface area contributed by atoms with Crippen LogP contribution in [0.2, 0.25) is 0 Å². The largest absolute Gasteiger partial charge is 0.493 e. The average Bonchev–Trinajstić information content (AvgIpc) is 2.55. The molecule has 0 radical (unpaired) electrons. The molecule has 7 heteroatoms. The quantitative estimate of drug-likeness (QED) is 0.677. The van der Waals surface area contributed by atoms with Gasteiger partial charge in [-0.25, -0.2) is 0 Å². The van der Waals surface area contributed by atoms with Gasteiger partial charge in [-0.3, -0.25) is 9.59 Å². The Kier molecular flexibility index (Phi) is 6.02. The average molecular weight is 440 g/mol. The number of carbonyl (C=O) groups is 2. The molecule has 0 fully saturated rings. The molecule has 126 valence electrons. The summed E-state index contributed by atoms with van der Waals surface area (Å²) >= 11 is 2.22. The minimum Gasteiger partial charge on any atom is -0.493 e. The highest BCUT2D eigenvalue weighted by atomic mass is 127. The maximum atomic E-state index is 12.4. The van der Waals surface area contributed by atoms with E-state index >= 15 is 0 Å². The second-order valence-electron chi connectivity index (χ2n) is 5.03. The molecule has 0 heterocycles. The van der Waals surface area contributed by atoms with E-state index in [0.29, 0.717) is 17.1 Å². The molecule has 0 aliphatic heterocycles. The molecule has 0 unspecified atom stereocenters. The zero-order chi connectivity index (χ0) is 17.7. The molecule has 0 atom stereocenters. The van der Waals surface area contributed by atoms with Gasteiger partial charge in [-0.15, -0.1) is 0 Å². The Labute approximate surface area is 153 Å². The van der Waals surface area contributed by atoms with Crippen LogP contribution in [0.5, 0.6) is 11.5 Å². The van der Waals surface area contributed by atoms with Gasteiger partial charge in [0.05, 0.1) is 7.11 Å². The minimum atomic E-state index is -0.590. The molecule has 6 nitrogen and oxygen atoms in total. The number of amides is 2. The van der Waals surface area contributed by atoms with Gasteiger partial charge in [-0.05, 0) is 71.5 Å². The standard InChI is InChI=1S/C17H17IN2O4/c1-10-7-12(18)4-5-13(10)20-17(22)11-3-6-14(15(8-11)23-2)24-9-16(19)21/h3-8H,9H2,1-2H3,(H2,19,21)(H,20,22). The van der Waals surface area contributed by atoms with E-state index < -0.39 is 5.91 Å². The van der Waals surface area contributed by atoms with Crippen LogP contribution in [-0.2, 0) is 4.79 Å². The lowest BCUT2D eigenvalue weighted by Gasteiger charge is -2.12. The first-order chi connectivity index (χ1) is 11.4. The Morgan fingerprint density at radius 2 is 1.92 bits per heavy atom. The number of aryl methyl sites for hydroxylation is 1. The zero-order valence-electron chi connectivity index (χ0n) is 13.3. The zero-order valence-corrected chi connectivity index (χ0v) is 15.4. The van der Waals surface area contributed by atoms with Gasteiger partial charge in [-0.2, -0.15) is 0 Å². The van der Waals surface area contributed by atoms with Crippen LogP contribution < -0.4 is 20.5 Å². The molecule has 2 amide bonds. The van der Waals surface area contributed by atoms with Gasteiger partial charge >= 0.3 is 0 Å². The number of primary amides is 1. The van der Waals surface area contributed by atoms with E-state index in [1.165, 1.54) is 7.11 Å². The molecular formula is C17H17IN2O4. The van der Waals surface area contributed by atoms with Gasteiger partial charge in [0, 0.05) is 14.8 Å². The first-order valence-corrected chi connectivity index (χ1v) is 8.15. The van der Waals surface area contributed by atoms with Gasteiger partial charge in [0.15, 0.2) is 18.1 Å². The van der Waals surface area contributed by atoms with E-state index in [9.17, 15) is 9.59 Å². The Bertz CT molecular complexity index is 777. The molecule has 2 aromatic rings. The summed E-state index contributed by atoms with van der Waals surface area (Å²) in [6.07, 6.45) is 0. The van der Waals surface area contributed by atoms with Crippen molar-refractivity contribution in [1.29, 1.82) is 0 Å². The summed E-state index contributed by atoms with van der Waals surface area (Å²) < 4.78 is 11.5. The lowest BCUT2D eigenvalue weighted by molar-refractivity contribution is -0.119. The number of nitrogens with two attached hydrogens (primary N) is 1. The van der Waals surface area contributed by atoms with Crippen molar-refractivity contribution >= 4 is 40.1 Å².